The Kier molecular flexibility index (Phi) is 3.74. The zero-order valence-electron chi connectivity index (χ0n) is 9.78. The van der Waals surface area contributed by atoms with Gasteiger partial charge in [0.2, 0.25) is 0 Å². The van der Waals surface area contributed by atoms with Gasteiger partial charge in [0.1, 0.15) is 11.9 Å². The maximum absolute atomic E-state index is 13.0. The Bertz CT molecular complexity index is 404. The number of rotatable bonds is 5. The Balaban J connectivity index is 1.93. The van der Waals surface area contributed by atoms with Gasteiger partial charge in [0.25, 0.3) is 0 Å². The van der Waals surface area contributed by atoms with Crippen LogP contribution in [0.3, 0.4) is 0 Å². The van der Waals surface area contributed by atoms with Crippen LogP contribution in [0.1, 0.15) is 18.4 Å². The number of ether oxygens (including phenoxy) is 1. The minimum absolute atomic E-state index is 0.232. The molecule has 0 aromatic heterocycles. The van der Waals surface area contributed by atoms with Crippen LogP contribution in [0.25, 0.3) is 0 Å². The fourth-order valence-electron chi connectivity index (χ4n) is 1.87. The number of hydrogen-bond acceptors (Lipinski definition) is 3. The van der Waals surface area contributed by atoms with Crippen LogP contribution in [-0.2, 0) is 16.1 Å². The summed E-state index contributed by atoms with van der Waals surface area (Å²) in [6.07, 6.45) is 2.10. The molecule has 1 fully saturated rings. The van der Waals surface area contributed by atoms with E-state index in [0.29, 0.717) is 12.5 Å². The van der Waals surface area contributed by atoms with Crippen molar-refractivity contribution in [2.24, 2.45) is 5.92 Å². The van der Waals surface area contributed by atoms with Crippen molar-refractivity contribution in [2.45, 2.75) is 25.4 Å². The van der Waals surface area contributed by atoms with Crippen LogP contribution in [0, 0.1) is 11.7 Å². The molecule has 92 valence electrons. The summed E-state index contributed by atoms with van der Waals surface area (Å²) >= 11 is 0. The maximum atomic E-state index is 13.0. The van der Waals surface area contributed by atoms with E-state index in [4.69, 9.17) is 4.74 Å². The third-order valence-electron chi connectivity index (χ3n) is 2.96. The lowest BCUT2D eigenvalue weighted by Gasteiger charge is -2.15. The van der Waals surface area contributed by atoms with Gasteiger partial charge in [-0.3, -0.25) is 4.79 Å². The average molecular weight is 237 g/mol. The zero-order chi connectivity index (χ0) is 12.3. The molecule has 0 amide bonds. The SMILES string of the molecule is COC(=O)C(NCc1cccc(F)c1)C1CC1. The Morgan fingerprint density at radius 1 is 1.59 bits per heavy atom. The summed E-state index contributed by atoms with van der Waals surface area (Å²) < 4.78 is 17.7. The smallest absolute Gasteiger partial charge is 0.323 e. The molecule has 0 aliphatic heterocycles. The Hall–Kier alpha value is -1.42. The molecule has 1 atom stereocenters. The van der Waals surface area contributed by atoms with Gasteiger partial charge in [0.15, 0.2) is 0 Å². The first-order chi connectivity index (χ1) is 8.20. The molecule has 0 heterocycles. The largest absolute Gasteiger partial charge is 0.468 e. The number of methoxy groups -OCH3 is 1. The summed E-state index contributed by atoms with van der Waals surface area (Å²) in [5.74, 6) is -0.120. The van der Waals surface area contributed by atoms with Crippen molar-refractivity contribution in [2.75, 3.05) is 7.11 Å². The highest BCUT2D eigenvalue weighted by Crippen LogP contribution is 2.33. The van der Waals surface area contributed by atoms with Crippen LogP contribution in [0.4, 0.5) is 4.39 Å². The molecule has 17 heavy (non-hydrogen) atoms. The molecule has 0 bridgehead atoms. The predicted molar refractivity (Wildman–Crippen MR) is 61.8 cm³/mol. The van der Waals surface area contributed by atoms with Crippen LogP contribution in [0.15, 0.2) is 24.3 Å². The molecular formula is C13H16FNO2. The van der Waals surface area contributed by atoms with Gasteiger partial charge in [0.05, 0.1) is 7.11 Å². The van der Waals surface area contributed by atoms with Crippen LogP contribution in [0.5, 0.6) is 0 Å². The molecule has 1 N–H and O–H groups in total. The molecule has 1 unspecified atom stereocenters. The highest BCUT2D eigenvalue weighted by Gasteiger charge is 2.36. The van der Waals surface area contributed by atoms with E-state index in [9.17, 15) is 9.18 Å². The van der Waals surface area contributed by atoms with Crippen molar-refractivity contribution in [3.8, 4) is 0 Å². The van der Waals surface area contributed by atoms with Crippen LogP contribution in [-0.4, -0.2) is 19.1 Å². The minimum atomic E-state index is -0.261. The molecule has 0 radical (unpaired) electrons. The summed E-state index contributed by atoms with van der Waals surface area (Å²) in [5.41, 5.74) is 0.833. The lowest BCUT2D eigenvalue weighted by atomic mass is 10.1. The third-order valence-corrected chi connectivity index (χ3v) is 2.96. The van der Waals surface area contributed by atoms with Gasteiger partial charge >= 0.3 is 5.97 Å². The number of carbonyl (C=O) groups excluding carboxylic acids is 1. The molecule has 1 aromatic carbocycles. The van der Waals surface area contributed by atoms with Gasteiger partial charge in [-0.2, -0.15) is 0 Å². The Morgan fingerprint density at radius 3 is 2.94 bits per heavy atom. The average Bonchev–Trinajstić information content (AvgIpc) is 3.13. The topological polar surface area (TPSA) is 38.3 Å². The lowest BCUT2D eigenvalue weighted by Crippen LogP contribution is -2.39. The summed E-state index contributed by atoms with van der Waals surface area (Å²) in [4.78, 5) is 11.5. The number of carbonyl (C=O) groups is 1. The second-order valence-corrected chi connectivity index (χ2v) is 4.35. The van der Waals surface area contributed by atoms with Crippen molar-refractivity contribution < 1.29 is 13.9 Å². The van der Waals surface area contributed by atoms with Gasteiger partial charge < -0.3 is 10.1 Å². The minimum Gasteiger partial charge on any atom is -0.468 e. The number of esters is 1. The van der Waals surface area contributed by atoms with E-state index in [-0.39, 0.29) is 17.8 Å². The number of nitrogens with one attached hydrogen (secondary N) is 1. The molecule has 2 rings (SSSR count). The van der Waals surface area contributed by atoms with Gasteiger partial charge in [-0.05, 0) is 36.5 Å². The normalized spacial score (nSPS) is 16.6. The van der Waals surface area contributed by atoms with Gasteiger partial charge in [-0.25, -0.2) is 4.39 Å². The summed E-state index contributed by atoms with van der Waals surface area (Å²) in [5, 5.41) is 3.13. The zero-order valence-corrected chi connectivity index (χ0v) is 9.78. The standard InChI is InChI=1S/C13H16FNO2/c1-17-13(16)12(10-5-6-10)15-8-9-3-2-4-11(14)7-9/h2-4,7,10,12,15H,5-6,8H2,1H3. The summed E-state index contributed by atoms with van der Waals surface area (Å²) in [6.45, 7) is 0.480. The van der Waals surface area contributed by atoms with Crippen molar-refractivity contribution in [3.05, 3.63) is 35.6 Å². The van der Waals surface area contributed by atoms with E-state index in [1.54, 1.807) is 6.07 Å². The van der Waals surface area contributed by atoms with Crippen molar-refractivity contribution in [1.82, 2.24) is 5.32 Å². The van der Waals surface area contributed by atoms with Crippen LogP contribution in [0.2, 0.25) is 0 Å². The van der Waals surface area contributed by atoms with Gasteiger partial charge in [-0.15, -0.1) is 0 Å². The van der Waals surface area contributed by atoms with Gasteiger partial charge in [-0.1, -0.05) is 12.1 Å². The molecular weight excluding hydrogens is 221 g/mol. The summed E-state index contributed by atoms with van der Waals surface area (Å²) in [6, 6.07) is 6.10. The van der Waals surface area contributed by atoms with E-state index >= 15 is 0 Å². The van der Waals surface area contributed by atoms with E-state index in [0.717, 1.165) is 18.4 Å². The van der Waals surface area contributed by atoms with Crippen molar-refractivity contribution in [1.29, 1.82) is 0 Å². The first-order valence-electron chi connectivity index (χ1n) is 5.76. The molecule has 4 heteroatoms. The molecule has 1 aliphatic rings. The Labute approximate surface area is 100.0 Å². The second-order valence-electron chi connectivity index (χ2n) is 4.35. The molecule has 0 spiro atoms. The quantitative estimate of drug-likeness (QED) is 0.794. The molecule has 1 saturated carbocycles. The Morgan fingerprint density at radius 2 is 2.35 bits per heavy atom. The molecule has 1 aliphatic carbocycles. The fraction of sp³-hybridized carbons (Fsp3) is 0.462. The first kappa shape index (κ1) is 12.0. The molecule has 3 nitrogen and oxygen atoms in total. The van der Waals surface area contributed by atoms with Crippen molar-refractivity contribution >= 4 is 5.97 Å². The fourth-order valence-corrected chi connectivity index (χ4v) is 1.87. The maximum Gasteiger partial charge on any atom is 0.323 e. The van der Waals surface area contributed by atoms with Crippen molar-refractivity contribution in [3.63, 3.8) is 0 Å². The predicted octanol–water partition coefficient (Wildman–Crippen LogP) is 1.87. The highest BCUT2D eigenvalue weighted by atomic mass is 19.1. The number of halogens is 1. The highest BCUT2D eigenvalue weighted by molar-refractivity contribution is 5.76. The van der Waals surface area contributed by atoms with Crippen LogP contribution < -0.4 is 5.32 Å². The lowest BCUT2D eigenvalue weighted by molar-refractivity contribution is -0.143. The van der Waals surface area contributed by atoms with E-state index < -0.39 is 0 Å². The molecule has 0 saturated heterocycles. The van der Waals surface area contributed by atoms with E-state index in [1.165, 1.54) is 19.2 Å². The number of hydrogen-bond donors (Lipinski definition) is 1. The first-order valence-corrected chi connectivity index (χ1v) is 5.76. The summed E-state index contributed by atoms with van der Waals surface area (Å²) in [7, 11) is 1.39. The molecule has 1 aromatic rings. The third kappa shape index (κ3) is 3.27. The number of benzene rings is 1. The van der Waals surface area contributed by atoms with E-state index in [1.807, 2.05) is 6.07 Å². The second kappa shape index (κ2) is 5.27. The van der Waals surface area contributed by atoms with Crippen LogP contribution >= 0.6 is 0 Å². The monoisotopic (exact) mass is 237 g/mol. The van der Waals surface area contributed by atoms with E-state index in [2.05, 4.69) is 5.32 Å². The van der Waals surface area contributed by atoms with Gasteiger partial charge in [0, 0.05) is 6.54 Å².